The Morgan fingerprint density at radius 1 is 1.23 bits per heavy atom. The van der Waals surface area contributed by atoms with E-state index in [9.17, 15) is 14.7 Å². The smallest absolute Gasteiger partial charge is 0.307 e. The molecule has 3 rings (SSSR count). The lowest BCUT2D eigenvalue weighted by molar-refractivity contribution is -0.147. The first-order valence-electron chi connectivity index (χ1n) is 7.49. The van der Waals surface area contributed by atoms with Crippen LogP contribution in [0.2, 0.25) is 5.02 Å². The number of hydrogen-bond donors (Lipinski definition) is 2. The van der Waals surface area contributed by atoms with Crippen LogP contribution in [0.5, 0.6) is 0 Å². The van der Waals surface area contributed by atoms with Gasteiger partial charge in [-0.2, -0.15) is 0 Å². The average molecular weight is 320 g/mol. The second-order valence-corrected chi connectivity index (χ2v) is 6.45. The molecule has 1 aromatic rings. The van der Waals surface area contributed by atoms with Crippen LogP contribution in [0.1, 0.15) is 12.0 Å². The topological polar surface area (TPSA) is 66.4 Å². The molecule has 4 nitrogen and oxygen atoms in total. The van der Waals surface area contributed by atoms with Crippen LogP contribution in [0.25, 0.3) is 0 Å². The normalized spacial score (nSPS) is 28.8. The number of carboxylic acid groups (broad SMARTS) is 1. The number of hydrogen-bond acceptors (Lipinski definition) is 2. The zero-order chi connectivity index (χ0) is 15.7. The Balaban J connectivity index is 1.58. The molecule has 0 aromatic heterocycles. The Hall–Kier alpha value is -1.81. The molecule has 0 saturated heterocycles. The highest BCUT2D eigenvalue weighted by Crippen LogP contribution is 2.48. The molecule has 2 aliphatic carbocycles. The summed E-state index contributed by atoms with van der Waals surface area (Å²) in [6, 6.07) is 7.51. The molecular weight excluding hydrogens is 302 g/mol. The van der Waals surface area contributed by atoms with Gasteiger partial charge in [0.25, 0.3) is 0 Å². The van der Waals surface area contributed by atoms with Gasteiger partial charge in [-0.25, -0.2) is 0 Å². The fourth-order valence-corrected chi connectivity index (χ4v) is 3.87. The third-order valence-corrected chi connectivity index (χ3v) is 4.88. The summed E-state index contributed by atoms with van der Waals surface area (Å²) in [7, 11) is 0. The molecule has 2 aliphatic rings. The van der Waals surface area contributed by atoms with E-state index in [1.165, 1.54) is 0 Å². The van der Waals surface area contributed by atoms with E-state index < -0.39 is 17.8 Å². The number of amides is 1. The number of nitrogens with one attached hydrogen (secondary N) is 1. The van der Waals surface area contributed by atoms with Gasteiger partial charge < -0.3 is 10.4 Å². The molecule has 1 amide bonds. The van der Waals surface area contributed by atoms with Crippen molar-refractivity contribution in [3.63, 3.8) is 0 Å². The number of fused-ring (bicyclic) bond motifs is 2. The zero-order valence-corrected chi connectivity index (χ0v) is 12.8. The summed E-state index contributed by atoms with van der Waals surface area (Å²) < 4.78 is 0. The maximum atomic E-state index is 12.4. The highest BCUT2D eigenvalue weighted by molar-refractivity contribution is 6.30. The van der Waals surface area contributed by atoms with Gasteiger partial charge in [-0.3, -0.25) is 9.59 Å². The lowest BCUT2D eigenvalue weighted by Gasteiger charge is -2.23. The minimum Gasteiger partial charge on any atom is -0.481 e. The quantitative estimate of drug-likeness (QED) is 0.820. The highest BCUT2D eigenvalue weighted by atomic mass is 35.5. The Morgan fingerprint density at radius 2 is 1.95 bits per heavy atom. The molecule has 0 aliphatic heterocycles. The van der Waals surface area contributed by atoms with E-state index in [4.69, 9.17) is 11.6 Å². The molecule has 1 saturated carbocycles. The van der Waals surface area contributed by atoms with Gasteiger partial charge in [0.05, 0.1) is 11.8 Å². The van der Waals surface area contributed by atoms with Gasteiger partial charge in [-0.1, -0.05) is 35.9 Å². The number of benzene rings is 1. The second kappa shape index (κ2) is 6.13. The number of allylic oxidation sites excluding steroid dienone is 2. The van der Waals surface area contributed by atoms with Crippen molar-refractivity contribution in [2.45, 2.75) is 12.8 Å². The molecule has 2 bridgehead atoms. The van der Waals surface area contributed by atoms with Gasteiger partial charge in [-0.15, -0.1) is 0 Å². The average Bonchev–Trinajstić information content (AvgIpc) is 3.07. The Morgan fingerprint density at radius 3 is 2.64 bits per heavy atom. The van der Waals surface area contributed by atoms with Crippen LogP contribution in [0.15, 0.2) is 36.4 Å². The van der Waals surface area contributed by atoms with Crippen molar-refractivity contribution in [2.24, 2.45) is 23.7 Å². The molecule has 0 spiro atoms. The summed E-state index contributed by atoms with van der Waals surface area (Å²) >= 11 is 5.93. The number of rotatable bonds is 5. The first-order chi connectivity index (χ1) is 10.6. The van der Waals surface area contributed by atoms with Crippen molar-refractivity contribution < 1.29 is 14.7 Å². The minimum atomic E-state index is -0.869. The standard InChI is InChI=1S/C17H18ClNO3/c18-13-3-1-2-10(8-13)6-7-19-16(20)14-11-4-5-12(9-11)15(14)17(21)22/h1-5,8,11-12,14-15H,6-7,9H2,(H,19,20)(H,21,22)/t11-,12+,14+,15+/m0/s1. The van der Waals surface area contributed by atoms with Crippen LogP contribution < -0.4 is 5.32 Å². The summed E-state index contributed by atoms with van der Waals surface area (Å²) in [5, 5.41) is 12.9. The Bertz CT molecular complexity index is 628. The minimum absolute atomic E-state index is 0.00572. The second-order valence-electron chi connectivity index (χ2n) is 6.01. The van der Waals surface area contributed by atoms with Gasteiger partial charge in [0.1, 0.15) is 0 Å². The number of halogens is 1. The van der Waals surface area contributed by atoms with Crippen LogP contribution >= 0.6 is 11.6 Å². The Kier molecular flexibility index (Phi) is 4.21. The molecule has 116 valence electrons. The molecule has 4 atom stereocenters. The summed E-state index contributed by atoms with van der Waals surface area (Å²) in [6.45, 7) is 0.489. The van der Waals surface area contributed by atoms with E-state index in [0.717, 1.165) is 12.0 Å². The number of aliphatic carboxylic acids is 1. The third-order valence-electron chi connectivity index (χ3n) is 4.65. The van der Waals surface area contributed by atoms with Crippen molar-refractivity contribution in [2.75, 3.05) is 6.54 Å². The zero-order valence-electron chi connectivity index (χ0n) is 12.0. The highest BCUT2D eigenvalue weighted by Gasteiger charge is 2.51. The van der Waals surface area contributed by atoms with E-state index in [-0.39, 0.29) is 17.7 Å². The van der Waals surface area contributed by atoms with Crippen LogP contribution in [-0.2, 0) is 16.0 Å². The number of carboxylic acids is 1. The Labute approximate surface area is 134 Å². The van der Waals surface area contributed by atoms with Gasteiger partial charge >= 0.3 is 5.97 Å². The van der Waals surface area contributed by atoms with Gasteiger partial charge in [0, 0.05) is 11.6 Å². The predicted molar refractivity (Wildman–Crippen MR) is 83.5 cm³/mol. The van der Waals surface area contributed by atoms with Crippen molar-refractivity contribution in [3.05, 3.63) is 47.0 Å². The summed E-state index contributed by atoms with van der Waals surface area (Å²) in [6.07, 6.45) is 5.40. The predicted octanol–water partition coefficient (Wildman–Crippen LogP) is 2.52. The summed E-state index contributed by atoms with van der Waals surface area (Å²) in [5.41, 5.74) is 1.05. The van der Waals surface area contributed by atoms with E-state index in [0.29, 0.717) is 18.0 Å². The summed E-state index contributed by atoms with van der Waals surface area (Å²) in [5.74, 6) is -1.96. The van der Waals surface area contributed by atoms with Gasteiger partial charge in [-0.05, 0) is 42.4 Å². The molecular formula is C17H18ClNO3. The maximum Gasteiger partial charge on any atom is 0.307 e. The SMILES string of the molecule is O=C(O)[C@H]1[C@H](C(=O)NCCc2cccc(Cl)c2)[C@H]2C=C[C@@H]1C2. The number of carbonyl (C=O) groups excluding carboxylic acids is 1. The van der Waals surface area contributed by atoms with Gasteiger partial charge in [0.2, 0.25) is 5.91 Å². The first kappa shape index (κ1) is 15.1. The fraction of sp³-hybridized carbons (Fsp3) is 0.412. The van der Waals surface area contributed by atoms with E-state index >= 15 is 0 Å². The number of carbonyl (C=O) groups is 2. The van der Waals surface area contributed by atoms with Crippen molar-refractivity contribution in [1.29, 1.82) is 0 Å². The van der Waals surface area contributed by atoms with Crippen molar-refractivity contribution in [1.82, 2.24) is 5.32 Å². The monoisotopic (exact) mass is 319 g/mol. The van der Waals surface area contributed by atoms with E-state index in [2.05, 4.69) is 5.32 Å². The van der Waals surface area contributed by atoms with Gasteiger partial charge in [0.15, 0.2) is 0 Å². The van der Waals surface area contributed by atoms with Crippen molar-refractivity contribution in [3.8, 4) is 0 Å². The maximum absolute atomic E-state index is 12.4. The molecule has 0 heterocycles. The van der Waals surface area contributed by atoms with E-state index in [1.54, 1.807) is 0 Å². The van der Waals surface area contributed by atoms with Crippen LogP contribution in [0, 0.1) is 23.7 Å². The molecule has 0 radical (unpaired) electrons. The van der Waals surface area contributed by atoms with E-state index in [1.807, 2.05) is 36.4 Å². The molecule has 0 unspecified atom stereocenters. The van der Waals surface area contributed by atoms with Crippen LogP contribution in [0.3, 0.4) is 0 Å². The molecule has 1 fully saturated rings. The largest absolute Gasteiger partial charge is 0.481 e. The molecule has 22 heavy (non-hydrogen) atoms. The summed E-state index contributed by atoms with van der Waals surface area (Å²) in [4.78, 5) is 23.8. The first-order valence-corrected chi connectivity index (χ1v) is 7.87. The molecule has 5 heteroatoms. The van der Waals surface area contributed by atoms with Crippen LogP contribution in [-0.4, -0.2) is 23.5 Å². The molecule has 1 aromatic carbocycles. The lowest BCUT2D eigenvalue weighted by atomic mass is 9.82. The lowest BCUT2D eigenvalue weighted by Crippen LogP contribution is -2.40. The van der Waals surface area contributed by atoms with Crippen LogP contribution in [0.4, 0.5) is 0 Å². The fourth-order valence-electron chi connectivity index (χ4n) is 3.66. The molecule has 2 N–H and O–H groups in total. The third kappa shape index (κ3) is 2.88. The van der Waals surface area contributed by atoms with Crippen molar-refractivity contribution >= 4 is 23.5 Å².